The third-order valence-electron chi connectivity index (χ3n) is 3.43. The lowest BCUT2D eigenvalue weighted by Crippen LogP contribution is -2.33. The Kier molecular flexibility index (Phi) is 5.85. The quantitative estimate of drug-likeness (QED) is 0.681. The van der Waals surface area contributed by atoms with Crippen LogP contribution < -0.4 is 16.0 Å². The zero-order chi connectivity index (χ0) is 16.7. The molecule has 0 aliphatic heterocycles. The van der Waals surface area contributed by atoms with Gasteiger partial charge >= 0.3 is 0 Å². The molecule has 0 unspecified atom stereocenters. The standard InChI is InChI=1S/C16H19N3O4/c20-14(17-9-5-1-2-8-15(21)22)10-19-11-18-13-7-4-3-6-12(13)16(19)23/h3-4,6-7,11H,1-2,5,8-10H2,(H,17,20)(H,21,22)/p-1. The summed E-state index contributed by atoms with van der Waals surface area (Å²) in [6.07, 6.45) is 3.32. The first-order chi connectivity index (χ1) is 11.1. The third kappa shape index (κ3) is 4.91. The Morgan fingerprint density at radius 3 is 2.74 bits per heavy atom. The van der Waals surface area contributed by atoms with Gasteiger partial charge in [0, 0.05) is 12.5 Å². The maximum Gasteiger partial charge on any atom is 0.261 e. The van der Waals surface area contributed by atoms with E-state index in [1.54, 1.807) is 24.3 Å². The SMILES string of the molecule is O=C([O-])CCCCCNC(=O)Cn1cnc2ccccc2c1=O. The van der Waals surface area contributed by atoms with Crippen molar-refractivity contribution in [2.24, 2.45) is 0 Å². The van der Waals surface area contributed by atoms with Crippen LogP contribution in [0.4, 0.5) is 0 Å². The number of aromatic nitrogens is 2. The molecular formula is C16H18N3O4-. The number of rotatable bonds is 8. The largest absolute Gasteiger partial charge is 0.550 e. The van der Waals surface area contributed by atoms with Crippen LogP contribution in [-0.4, -0.2) is 28.0 Å². The summed E-state index contributed by atoms with van der Waals surface area (Å²) in [5, 5.41) is 13.4. The molecule has 2 rings (SSSR count). The Morgan fingerprint density at radius 1 is 1.17 bits per heavy atom. The van der Waals surface area contributed by atoms with Crippen LogP contribution in [0.25, 0.3) is 10.9 Å². The minimum Gasteiger partial charge on any atom is -0.550 e. The monoisotopic (exact) mass is 316 g/mol. The highest BCUT2D eigenvalue weighted by Gasteiger charge is 2.07. The topological polar surface area (TPSA) is 104 Å². The van der Waals surface area contributed by atoms with Gasteiger partial charge in [-0.25, -0.2) is 4.98 Å². The molecule has 7 nitrogen and oxygen atoms in total. The number of hydrogen-bond donors (Lipinski definition) is 1. The predicted octanol–water partition coefficient (Wildman–Crippen LogP) is -0.177. The fraction of sp³-hybridized carbons (Fsp3) is 0.375. The van der Waals surface area contributed by atoms with Gasteiger partial charge in [0.1, 0.15) is 6.54 Å². The van der Waals surface area contributed by atoms with E-state index in [9.17, 15) is 19.5 Å². The first kappa shape index (κ1) is 16.7. The van der Waals surface area contributed by atoms with Crippen LogP contribution in [-0.2, 0) is 16.1 Å². The van der Waals surface area contributed by atoms with E-state index in [0.29, 0.717) is 36.7 Å². The molecule has 2 aromatic rings. The number of carbonyl (C=O) groups excluding carboxylic acids is 2. The van der Waals surface area contributed by atoms with Crippen molar-refractivity contribution in [3.05, 3.63) is 40.9 Å². The number of nitrogens with one attached hydrogen (secondary N) is 1. The Balaban J connectivity index is 1.83. The summed E-state index contributed by atoms with van der Waals surface area (Å²) in [4.78, 5) is 38.5. The van der Waals surface area contributed by atoms with Crippen LogP contribution in [0.2, 0.25) is 0 Å². The molecule has 7 heteroatoms. The van der Waals surface area contributed by atoms with Gasteiger partial charge < -0.3 is 15.2 Å². The molecule has 0 fully saturated rings. The Hall–Kier alpha value is -2.70. The summed E-state index contributed by atoms with van der Waals surface area (Å²) in [5.74, 6) is -1.33. The average molecular weight is 316 g/mol. The lowest BCUT2D eigenvalue weighted by Gasteiger charge is -2.08. The number of aliphatic carboxylic acids is 1. The molecule has 0 radical (unpaired) electrons. The zero-order valence-corrected chi connectivity index (χ0v) is 12.7. The van der Waals surface area contributed by atoms with Crippen LogP contribution in [0, 0.1) is 0 Å². The van der Waals surface area contributed by atoms with Gasteiger partial charge in [0.05, 0.1) is 17.2 Å². The molecule has 1 aromatic heterocycles. The van der Waals surface area contributed by atoms with E-state index in [1.165, 1.54) is 10.9 Å². The Labute approximate surface area is 133 Å². The van der Waals surface area contributed by atoms with Gasteiger partial charge in [0.15, 0.2) is 0 Å². The lowest BCUT2D eigenvalue weighted by atomic mass is 10.2. The zero-order valence-electron chi connectivity index (χ0n) is 12.7. The van der Waals surface area contributed by atoms with Gasteiger partial charge in [-0.05, 0) is 31.4 Å². The van der Waals surface area contributed by atoms with Crippen molar-refractivity contribution in [2.45, 2.75) is 32.2 Å². The second kappa shape index (κ2) is 8.07. The van der Waals surface area contributed by atoms with Crippen LogP contribution in [0.3, 0.4) is 0 Å². The van der Waals surface area contributed by atoms with Crippen molar-refractivity contribution in [3.8, 4) is 0 Å². The molecule has 23 heavy (non-hydrogen) atoms. The van der Waals surface area contributed by atoms with Gasteiger partial charge in [0.2, 0.25) is 5.91 Å². The molecule has 0 saturated carbocycles. The molecule has 1 amide bonds. The van der Waals surface area contributed by atoms with E-state index in [1.807, 2.05) is 0 Å². The molecule has 1 N–H and O–H groups in total. The number of para-hydroxylation sites is 1. The third-order valence-corrected chi connectivity index (χ3v) is 3.43. The van der Waals surface area contributed by atoms with Crippen LogP contribution >= 0.6 is 0 Å². The van der Waals surface area contributed by atoms with E-state index in [2.05, 4.69) is 10.3 Å². The summed E-state index contributed by atoms with van der Waals surface area (Å²) >= 11 is 0. The normalized spacial score (nSPS) is 10.6. The molecule has 0 saturated heterocycles. The molecule has 0 atom stereocenters. The average Bonchev–Trinajstić information content (AvgIpc) is 2.53. The Morgan fingerprint density at radius 2 is 1.96 bits per heavy atom. The second-order valence-corrected chi connectivity index (χ2v) is 5.23. The fourth-order valence-corrected chi connectivity index (χ4v) is 2.23. The van der Waals surface area contributed by atoms with Gasteiger partial charge in [-0.15, -0.1) is 0 Å². The maximum atomic E-state index is 12.2. The molecule has 0 aliphatic rings. The first-order valence-electron chi connectivity index (χ1n) is 7.48. The van der Waals surface area contributed by atoms with Crippen molar-refractivity contribution in [3.63, 3.8) is 0 Å². The lowest BCUT2D eigenvalue weighted by molar-refractivity contribution is -0.305. The number of unbranched alkanes of at least 4 members (excludes halogenated alkanes) is 2. The predicted molar refractivity (Wildman–Crippen MR) is 82.5 cm³/mol. The summed E-state index contributed by atoms with van der Waals surface area (Å²) < 4.78 is 1.27. The van der Waals surface area contributed by atoms with Gasteiger partial charge in [-0.2, -0.15) is 0 Å². The number of hydrogen-bond acceptors (Lipinski definition) is 5. The van der Waals surface area contributed by atoms with E-state index in [0.717, 1.165) is 0 Å². The molecular weight excluding hydrogens is 298 g/mol. The first-order valence-corrected chi connectivity index (χ1v) is 7.48. The van der Waals surface area contributed by atoms with E-state index >= 15 is 0 Å². The van der Waals surface area contributed by atoms with E-state index < -0.39 is 5.97 Å². The number of fused-ring (bicyclic) bond motifs is 1. The summed E-state index contributed by atoms with van der Waals surface area (Å²) in [6, 6.07) is 6.97. The number of nitrogens with zero attached hydrogens (tertiary/aromatic N) is 2. The minimum absolute atomic E-state index is 0.0338. The van der Waals surface area contributed by atoms with Crippen molar-refractivity contribution in [1.29, 1.82) is 0 Å². The molecule has 0 bridgehead atoms. The highest BCUT2D eigenvalue weighted by atomic mass is 16.4. The van der Waals surface area contributed by atoms with Crippen molar-refractivity contribution >= 4 is 22.8 Å². The molecule has 0 aliphatic carbocycles. The minimum atomic E-state index is -1.06. The summed E-state index contributed by atoms with van der Waals surface area (Å²) in [6.45, 7) is 0.358. The maximum absolute atomic E-state index is 12.2. The van der Waals surface area contributed by atoms with Gasteiger partial charge in [0.25, 0.3) is 5.56 Å². The highest BCUT2D eigenvalue weighted by molar-refractivity contribution is 5.78. The fourth-order valence-electron chi connectivity index (χ4n) is 2.23. The number of carboxylic acids is 1. The summed E-state index contributed by atoms with van der Waals surface area (Å²) in [5.41, 5.74) is 0.349. The number of benzene rings is 1. The molecule has 1 heterocycles. The molecule has 1 aromatic carbocycles. The van der Waals surface area contributed by atoms with E-state index in [4.69, 9.17) is 0 Å². The van der Waals surface area contributed by atoms with Gasteiger partial charge in [-0.3, -0.25) is 14.2 Å². The van der Waals surface area contributed by atoms with Crippen LogP contribution in [0.1, 0.15) is 25.7 Å². The van der Waals surface area contributed by atoms with Crippen LogP contribution in [0.5, 0.6) is 0 Å². The van der Waals surface area contributed by atoms with Crippen molar-refractivity contribution in [1.82, 2.24) is 14.9 Å². The molecule has 122 valence electrons. The molecule has 0 spiro atoms. The number of amides is 1. The van der Waals surface area contributed by atoms with Crippen molar-refractivity contribution < 1.29 is 14.7 Å². The highest BCUT2D eigenvalue weighted by Crippen LogP contribution is 2.04. The summed E-state index contributed by atoms with van der Waals surface area (Å²) in [7, 11) is 0. The number of carbonyl (C=O) groups is 2. The van der Waals surface area contributed by atoms with Gasteiger partial charge in [-0.1, -0.05) is 18.6 Å². The van der Waals surface area contributed by atoms with Crippen LogP contribution in [0.15, 0.2) is 35.4 Å². The number of carboxylic acid groups (broad SMARTS) is 1. The Bertz CT molecular complexity index is 754. The van der Waals surface area contributed by atoms with E-state index in [-0.39, 0.29) is 24.4 Å². The smallest absolute Gasteiger partial charge is 0.261 e. The van der Waals surface area contributed by atoms with Crippen molar-refractivity contribution in [2.75, 3.05) is 6.54 Å². The second-order valence-electron chi connectivity index (χ2n) is 5.23.